The highest BCUT2D eigenvalue weighted by Gasteiger charge is 2.24. The zero-order valence-corrected chi connectivity index (χ0v) is 9.86. The molecule has 0 bridgehead atoms. The number of hydrogen-bond acceptors (Lipinski definition) is 2. The third kappa shape index (κ3) is 2.23. The van der Waals surface area contributed by atoms with Crippen LogP contribution < -0.4 is 0 Å². The van der Waals surface area contributed by atoms with Crippen LogP contribution in [-0.2, 0) is 4.74 Å². The van der Waals surface area contributed by atoms with Crippen molar-refractivity contribution in [2.75, 3.05) is 7.11 Å². The van der Waals surface area contributed by atoms with Crippen LogP contribution in [0.4, 0.5) is 0 Å². The first-order chi connectivity index (χ1) is 7.20. The second kappa shape index (κ2) is 4.35. The molecular weight excluding hydrogens is 188 g/mol. The van der Waals surface area contributed by atoms with Crippen molar-refractivity contribution in [1.82, 2.24) is 9.78 Å². The second-order valence-electron chi connectivity index (χ2n) is 4.55. The van der Waals surface area contributed by atoms with Gasteiger partial charge in [0.15, 0.2) is 0 Å². The van der Waals surface area contributed by atoms with Crippen LogP contribution in [0.3, 0.4) is 0 Å². The molecule has 0 aromatic carbocycles. The van der Waals surface area contributed by atoms with E-state index in [9.17, 15) is 0 Å². The highest BCUT2D eigenvalue weighted by Crippen LogP contribution is 2.30. The zero-order valence-electron chi connectivity index (χ0n) is 9.86. The lowest BCUT2D eigenvalue weighted by Crippen LogP contribution is -2.25. The van der Waals surface area contributed by atoms with Gasteiger partial charge in [-0.05, 0) is 45.6 Å². The van der Waals surface area contributed by atoms with Gasteiger partial charge in [0.1, 0.15) is 0 Å². The summed E-state index contributed by atoms with van der Waals surface area (Å²) < 4.78 is 7.63. The standard InChI is InChI=1S/C12H20N2O/c1-9-7-10(2)14(13-9)11-5-4-6-12(8-11)15-3/h7,11-12H,4-6,8H2,1-3H3. The molecule has 1 aliphatic carbocycles. The van der Waals surface area contributed by atoms with E-state index in [2.05, 4.69) is 29.7 Å². The van der Waals surface area contributed by atoms with E-state index in [1.54, 1.807) is 0 Å². The molecule has 3 heteroatoms. The van der Waals surface area contributed by atoms with Gasteiger partial charge in [-0.15, -0.1) is 0 Å². The maximum absolute atomic E-state index is 5.45. The molecule has 2 rings (SSSR count). The molecule has 3 nitrogen and oxygen atoms in total. The van der Waals surface area contributed by atoms with E-state index in [0.29, 0.717) is 12.1 Å². The second-order valence-corrected chi connectivity index (χ2v) is 4.55. The molecule has 0 radical (unpaired) electrons. The molecule has 0 saturated heterocycles. The third-order valence-corrected chi connectivity index (χ3v) is 3.32. The number of rotatable bonds is 2. The van der Waals surface area contributed by atoms with Crippen molar-refractivity contribution in [3.63, 3.8) is 0 Å². The van der Waals surface area contributed by atoms with Gasteiger partial charge in [-0.25, -0.2) is 0 Å². The van der Waals surface area contributed by atoms with Gasteiger partial charge in [-0.2, -0.15) is 5.10 Å². The van der Waals surface area contributed by atoms with E-state index in [4.69, 9.17) is 4.74 Å². The van der Waals surface area contributed by atoms with Gasteiger partial charge in [0, 0.05) is 12.8 Å². The third-order valence-electron chi connectivity index (χ3n) is 3.32. The van der Waals surface area contributed by atoms with Crippen molar-refractivity contribution < 1.29 is 4.74 Å². The Bertz CT molecular complexity index is 332. The van der Waals surface area contributed by atoms with Crippen molar-refractivity contribution in [1.29, 1.82) is 0 Å². The molecule has 0 N–H and O–H groups in total. The van der Waals surface area contributed by atoms with Crippen LogP contribution in [0.2, 0.25) is 0 Å². The highest BCUT2D eigenvalue weighted by molar-refractivity contribution is 5.08. The maximum Gasteiger partial charge on any atom is 0.0596 e. The van der Waals surface area contributed by atoms with Crippen LogP contribution in [0.1, 0.15) is 43.1 Å². The maximum atomic E-state index is 5.45. The van der Waals surface area contributed by atoms with E-state index in [0.717, 1.165) is 12.1 Å². The van der Waals surface area contributed by atoms with Crippen molar-refractivity contribution >= 4 is 0 Å². The van der Waals surface area contributed by atoms with Crippen molar-refractivity contribution in [2.45, 2.75) is 51.7 Å². The lowest BCUT2D eigenvalue weighted by molar-refractivity contribution is 0.0504. The van der Waals surface area contributed by atoms with Crippen LogP contribution in [0.25, 0.3) is 0 Å². The first-order valence-electron chi connectivity index (χ1n) is 5.76. The lowest BCUT2D eigenvalue weighted by Gasteiger charge is -2.29. The summed E-state index contributed by atoms with van der Waals surface area (Å²) in [6.45, 7) is 4.19. The van der Waals surface area contributed by atoms with Crippen molar-refractivity contribution in [3.8, 4) is 0 Å². The minimum absolute atomic E-state index is 0.424. The summed E-state index contributed by atoms with van der Waals surface area (Å²) in [4.78, 5) is 0. The summed E-state index contributed by atoms with van der Waals surface area (Å²) in [5.41, 5.74) is 2.39. The number of nitrogens with zero attached hydrogens (tertiary/aromatic N) is 2. The Balaban J connectivity index is 2.13. The van der Waals surface area contributed by atoms with Gasteiger partial charge in [0.05, 0.1) is 17.8 Å². The van der Waals surface area contributed by atoms with Gasteiger partial charge < -0.3 is 4.74 Å². The largest absolute Gasteiger partial charge is 0.381 e. The quantitative estimate of drug-likeness (QED) is 0.747. The molecule has 84 valence electrons. The van der Waals surface area contributed by atoms with Gasteiger partial charge in [0.2, 0.25) is 0 Å². The van der Waals surface area contributed by atoms with E-state index >= 15 is 0 Å². The summed E-state index contributed by atoms with van der Waals surface area (Å²) in [5, 5.41) is 4.56. The van der Waals surface area contributed by atoms with Crippen LogP contribution in [0, 0.1) is 13.8 Å². The molecule has 1 saturated carbocycles. The molecule has 1 aliphatic rings. The Kier molecular flexibility index (Phi) is 3.10. The van der Waals surface area contributed by atoms with Crippen molar-refractivity contribution in [2.24, 2.45) is 0 Å². The van der Waals surface area contributed by atoms with E-state index < -0.39 is 0 Å². The molecule has 15 heavy (non-hydrogen) atoms. The van der Waals surface area contributed by atoms with Gasteiger partial charge in [-0.3, -0.25) is 4.68 Å². The van der Waals surface area contributed by atoms with Crippen LogP contribution in [0.5, 0.6) is 0 Å². The smallest absolute Gasteiger partial charge is 0.0596 e. The molecule has 0 amide bonds. The zero-order chi connectivity index (χ0) is 10.8. The van der Waals surface area contributed by atoms with Crippen molar-refractivity contribution in [3.05, 3.63) is 17.5 Å². The Labute approximate surface area is 91.4 Å². The first-order valence-corrected chi connectivity index (χ1v) is 5.76. The minimum atomic E-state index is 0.424. The van der Waals surface area contributed by atoms with Crippen LogP contribution >= 0.6 is 0 Å². The topological polar surface area (TPSA) is 27.1 Å². The molecule has 0 spiro atoms. The molecule has 2 unspecified atom stereocenters. The average Bonchev–Trinajstić information content (AvgIpc) is 2.58. The van der Waals surface area contributed by atoms with E-state index in [1.165, 1.54) is 25.0 Å². The number of ether oxygens (including phenoxy) is 1. The van der Waals surface area contributed by atoms with Gasteiger partial charge in [-0.1, -0.05) is 0 Å². The fourth-order valence-corrected chi connectivity index (χ4v) is 2.57. The van der Waals surface area contributed by atoms with E-state index in [1.807, 2.05) is 7.11 Å². The molecule has 0 aliphatic heterocycles. The molecule has 1 heterocycles. The average molecular weight is 208 g/mol. The predicted molar refractivity (Wildman–Crippen MR) is 60.0 cm³/mol. The molecular formula is C12H20N2O. The Morgan fingerprint density at radius 1 is 1.40 bits per heavy atom. The minimum Gasteiger partial charge on any atom is -0.381 e. The van der Waals surface area contributed by atoms with Gasteiger partial charge in [0.25, 0.3) is 0 Å². The lowest BCUT2D eigenvalue weighted by atomic mass is 9.93. The molecule has 1 aromatic heterocycles. The van der Waals surface area contributed by atoms with Gasteiger partial charge >= 0.3 is 0 Å². The summed E-state index contributed by atoms with van der Waals surface area (Å²) in [7, 11) is 1.81. The number of aryl methyl sites for hydroxylation is 2. The normalized spacial score (nSPS) is 26.9. The summed E-state index contributed by atoms with van der Waals surface area (Å²) >= 11 is 0. The molecule has 1 fully saturated rings. The summed E-state index contributed by atoms with van der Waals surface area (Å²) in [6.07, 6.45) is 5.22. The Morgan fingerprint density at radius 3 is 2.80 bits per heavy atom. The van der Waals surface area contributed by atoms with Crippen LogP contribution in [-0.4, -0.2) is 23.0 Å². The highest BCUT2D eigenvalue weighted by atomic mass is 16.5. The summed E-state index contributed by atoms with van der Waals surface area (Å²) in [6, 6.07) is 2.69. The predicted octanol–water partition coefficient (Wildman–Crippen LogP) is 2.63. The first kappa shape index (κ1) is 10.7. The number of methoxy groups -OCH3 is 1. The number of aromatic nitrogens is 2. The fourth-order valence-electron chi connectivity index (χ4n) is 2.57. The molecule has 2 atom stereocenters. The SMILES string of the molecule is COC1CCCC(n2nc(C)cc2C)C1. The van der Waals surface area contributed by atoms with E-state index in [-0.39, 0.29) is 0 Å². The Morgan fingerprint density at radius 2 is 2.20 bits per heavy atom. The Hall–Kier alpha value is -0.830. The summed E-state index contributed by atoms with van der Waals surface area (Å²) in [5.74, 6) is 0. The number of hydrogen-bond donors (Lipinski definition) is 0. The van der Waals surface area contributed by atoms with Crippen LogP contribution in [0.15, 0.2) is 6.07 Å². The molecule has 1 aromatic rings. The fraction of sp³-hybridized carbons (Fsp3) is 0.750. The monoisotopic (exact) mass is 208 g/mol.